The second kappa shape index (κ2) is 6.59. The van der Waals surface area contributed by atoms with Gasteiger partial charge in [-0.1, -0.05) is 24.4 Å². The van der Waals surface area contributed by atoms with Crippen LogP contribution in [0.5, 0.6) is 11.5 Å². The van der Waals surface area contributed by atoms with Crippen LogP contribution in [0, 0.1) is 13.8 Å². The summed E-state index contributed by atoms with van der Waals surface area (Å²) in [7, 11) is 1.64. The molecule has 0 fully saturated rings. The van der Waals surface area contributed by atoms with Crippen molar-refractivity contribution >= 4 is 17.2 Å². The zero-order valence-electron chi connectivity index (χ0n) is 12.5. The van der Waals surface area contributed by atoms with Crippen molar-refractivity contribution in [2.75, 3.05) is 7.11 Å². The largest absolute Gasteiger partial charge is 0.496 e. The van der Waals surface area contributed by atoms with Gasteiger partial charge in [-0.25, -0.2) is 0 Å². The van der Waals surface area contributed by atoms with Gasteiger partial charge in [0.15, 0.2) is 0 Å². The second-order valence-corrected chi connectivity index (χ2v) is 5.39. The third-order valence-corrected chi connectivity index (χ3v) is 3.53. The summed E-state index contributed by atoms with van der Waals surface area (Å²) < 4.78 is 11.3. The van der Waals surface area contributed by atoms with Crippen molar-refractivity contribution < 1.29 is 9.47 Å². The van der Waals surface area contributed by atoms with Gasteiger partial charge in [-0.3, -0.25) is 0 Å². The van der Waals surface area contributed by atoms with Crippen LogP contribution in [0.25, 0.3) is 0 Å². The highest BCUT2D eigenvalue weighted by molar-refractivity contribution is 7.80. The molecule has 0 radical (unpaired) electrons. The number of aryl methyl sites for hydroxylation is 2. The number of nitrogens with two attached hydrogens (primary N) is 1. The molecule has 2 N–H and O–H groups in total. The lowest BCUT2D eigenvalue weighted by Gasteiger charge is -2.13. The van der Waals surface area contributed by atoms with Gasteiger partial charge < -0.3 is 15.2 Å². The number of thiocarbonyl (C=S) groups is 1. The SMILES string of the molecule is COc1ccc(C(N)=S)cc1COc1cc(C)ccc1C. The summed E-state index contributed by atoms with van der Waals surface area (Å²) in [6.45, 7) is 4.47. The zero-order valence-corrected chi connectivity index (χ0v) is 13.3. The van der Waals surface area contributed by atoms with Crippen molar-refractivity contribution in [3.8, 4) is 11.5 Å². The number of benzene rings is 2. The molecule has 0 saturated carbocycles. The number of ether oxygens (including phenoxy) is 2. The van der Waals surface area contributed by atoms with E-state index in [0.29, 0.717) is 11.6 Å². The molecular formula is C17H19NO2S. The lowest BCUT2D eigenvalue weighted by Crippen LogP contribution is -2.10. The molecule has 0 atom stereocenters. The highest BCUT2D eigenvalue weighted by atomic mass is 32.1. The standard InChI is InChI=1S/C17H19NO2S/c1-11-4-5-12(2)16(8-11)20-10-14-9-13(17(18)21)6-7-15(14)19-3/h4-9H,10H2,1-3H3,(H2,18,21). The first-order chi connectivity index (χ1) is 10.0. The summed E-state index contributed by atoms with van der Waals surface area (Å²) in [6.07, 6.45) is 0. The van der Waals surface area contributed by atoms with Crippen LogP contribution in [-0.4, -0.2) is 12.1 Å². The number of methoxy groups -OCH3 is 1. The maximum absolute atomic E-state index is 5.92. The highest BCUT2D eigenvalue weighted by Crippen LogP contribution is 2.24. The molecule has 0 heterocycles. The highest BCUT2D eigenvalue weighted by Gasteiger charge is 2.08. The predicted molar refractivity (Wildman–Crippen MR) is 89.1 cm³/mol. The van der Waals surface area contributed by atoms with Gasteiger partial charge >= 0.3 is 0 Å². The van der Waals surface area contributed by atoms with Crippen LogP contribution in [0.4, 0.5) is 0 Å². The Morgan fingerprint density at radius 1 is 1.10 bits per heavy atom. The van der Waals surface area contributed by atoms with Gasteiger partial charge in [-0.05, 0) is 49.2 Å². The van der Waals surface area contributed by atoms with Crippen molar-refractivity contribution in [2.24, 2.45) is 5.73 Å². The molecule has 2 aromatic carbocycles. The Labute approximate surface area is 130 Å². The smallest absolute Gasteiger partial charge is 0.125 e. The molecule has 21 heavy (non-hydrogen) atoms. The third-order valence-electron chi connectivity index (χ3n) is 3.29. The molecule has 0 saturated heterocycles. The average Bonchev–Trinajstić information content (AvgIpc) is 2.47. The first kappa shape index (κ1) is 15.3. The molecule has 0 amide bonds. The van der Waals surface area contributed by atoms with Crippen molar-refractivity contribution in [1.29, 1.82) is 0 Å². The Balaban J connectivity index is 2.24. The maximum atomic E-state index is 5.92. The first-order valence-electron chi connectivity index (χ1n) is 6.68. The normalized spacial score (nSPS) is 10.2. The van der Waals surface area contributed by atoms with Crippen molar-refractivity contribution in [2.45, 2.75) is 20.5 Å². The van der Waals surface area contributed by atoms with E-state index in [4.69, 9.17) is 27.4 Å². The Morgan fingerprint density at radius 2 is 1.86 bits per heavy atom. The van der Waals surface area contributed by atoms with Gasteiger partial charge in [0.1, 0.15) is 23.1 Å². The van der Waals surface area contributed by atoms with Gasteiger partial charge in [0.2, 0.25) is 0 Å². The fraction of sp³-hybridized carbons (Fsp3) is 0.235. The summed E-state index contributed by atoms with van der Waals surface area (Å²) in [6, 6.07) is 11.8. The Kier molecular flexibility index (Phi) is 4.81. The summed E-state index contributed by atoms with van der Waals surface area (Å²) in [5.41, 5.74) is 9.67. The molecule has 0 bridgehead atoms. The zero-order chi connectivity index (χ0) is 15.4. The van der Waals surface area contributed by atoms with Gasteiger partial charge in [0.25, 0.3) is 0 Å². The van der Waals surface area contributed by atoms with E-state index in [1.165, 1.54) is 5.56 Å². The molecule has 2 rings (SSSR count). The molecule has 0 aliphatic heterocycles. The number of hydrogen-bond acceptors (Lipinski definition) is 3. The van der Waals surface area contributed by atoms with E-state index < -0.39 is 0 Å². The maximum Gasteiger partial charge on any atom is 0.125 e. The van der Waals surface area contributed by atoms with Crippen molar-refractivity contribution in [3.05, 3.63) is 58.7 Å². The summed E-state index contributed by atoms with van der Waals surface area (Å²) >= 11 is 5.01. The van der Waals surface area contributed by atoms with Crippen LogP contribution in [-0.2, 0) is 6.61 Å². The van der Waals surface area contributed by atoms with Crippen LogP contribution < -0.4 is 15.2 Å². The average molecular weight is 301 g/mol. The van der Waals surface area contributed by atoms with Gasteiger partial charge in [0.05, 0.1) is 7.11 Å². The number of hydrogen-bond donors (Lipinski definition) is 1. The van der Waals surface area contributed by atoms with Crippen molar-refractivity contribution in [3.63, 3.8) is 0 Å². The van der Waals surface area contributed by atoms with Gasteiger partial charge in [-0.15, -0.1) is 0 Å². The first-order valence-corrected chi connectivity index (χ1v) is 7.09. The Morgan fingerprint density at radius 3 is 2.52 bits per heavy atom. The lowest BCUT2D eigenvalue weighted by molar-refractivity contribution is 0.294. The van der Waals surface area contributed by atoms with E-state index in [0.717, 1.165) is 28.2 Å². The molecule has 4 heteroatoms. The van der Waals surface area contributed by atoms with Crippen LogP contribution in [0.3, 0.4) is 0 Å². The van der Waals surface area contributed by atoms with E-state index in [9.17, 15) is 0 Å². The molecule has 2 aromatic rings. The minimum Gasteiger partial charge on any atom is -0.496 e. The number of rotatable bonds is 5. The molecule has 3 nitrogen and oxygen atoms in total. The fourth-order valence-electron chi connectivity index (χ4n) is 2.06. The molecule has 110 valence electrons. The quantitative estimate of drug-likeness (QED) is 0.858. The minimum absolute atomic E-state index is 0.366. The second-order valence-electron chi connectivity index (χ2n) is 4.95. The molecule has 0 aliphatic carbocycles. The van der Waals surface area contributed by atoms with Gasteiger partial charge in [-0.2, -0.15) is 0 Å². The minimum atomic E-state index is 0.366. The van der Waals surface area contributed by atoms with Crippen LogP contribution in [0.15, 0.2) is 36.4 Å². The van der Waals surface area contributed by atoms with Crippen LogP contribution in [0.1, 0.15) is 22.3 Å². The Hall–Kier alpha value is -2.07. The van der Waals surface area contributed by atoms with E-state index in [-0.39, 0.29) is 0 Å². The van der Waals surface area contributed by atoms with Crippen LogP contribution in [0.2, 0.25) is 0 Å². The Bertz CT molecular complexity index is 668. The lowest BCUT2D eigenvalue weighted by atomic mass is 10.1. The third kappa shape index (κ3) is 3.73. The van der Waals surface area contributed by atoms with Crippen molar-refractivity contribution in [1.82, 2.24) is 0 Å². The topological polar surface area (TPSA) is 44.5 Å². The molecule has 0 spiro atoms. The van der Waals surface area contributed by atoms with E-state index in [2.05, 4.69) is 6.07 Å². The molecule has 0 aromatic heterocycles. The molecule has 0 unspecified atom stereocenters. The summed E-state index contributed by atoms with van der Waals surface area (Å²) in [5.74, 6) is 1.64. The predicted octanol–water partition coefficient (Wildman–Crippen LogP) is 3.53. The van der Waals surface area contributed by atoms with Crippen LogP contribution >= 0.6 is 12.2 Å². The molecular weight excluding hydrogens is 282 g/mol. The van der Waals surface area contributed by atoms with E-state index in [1.807, 2.05) is 44.2 Å². The monoisotopic (exact) mass is 301 g/mol. The van der Waals surface area contributed by atoms with E-state index >= 15 is 0 Å². The molecule has 0 aliphatic rings. The summed E-state index contributed by atoms with van der Waals surface area (Å²) in [4.78, 5) is 0.366. The van der Waals surface area contributed by atoms with E-state index in [1.54, 1.807) is 7.11 Å². The summed E-state index contributed by atoms with van der Waals surface area (Å²) in [5, 5.41) is 0. The fourth-order valence-corrected chi connectivity index (χ4v) is 2.19. The van der Waals surface area contributed by atoms with Gasteiger partial charge in [0, 0.05) is 11.1 Å².